The molecule has 2 aliphatic rings. The fourth-order valence-electron chi connectivity index (χ4n) is 3.72. The first-order valence-corrected chi connectivity index (χ1v) is 10.8. The van der Waals surface area contributed by atoms with Crippen LogP contribution >= 0.6 is 0 Å². The lowest BCUT2D eigenvalue weighted by Gasteiger charge is -2.26. The molecule has 2 aromatic rings. The number of anilines is 1. The Morgan fingerprint density at radius 3 is 2.77 bits per heavy atom. The molecule has 30 heavy (non-hydrogen) atoms. The summed E-state index contributed by atoms with van der Waals surface area (Å²) in [6.07, 6.45) is 7.09. The number of halogens is 2. The number of benzene rings is 1. The zero-order valence-electron chi connectivity index (χ0n) is 17.1. The van der Waals surface area contributed by atoms with E-state index in [0.717, 1.165) is 38.9 Å². The molecule has 2 fully saturated rings. The first kappa shape index (κ1) is 20.8. The van der Waals surface area contributed by atoms with E-state index < -0.39 is 11.6 Å². The van der Waals surface area contributed by atoms with Crippen molar-refractivity contribution in [3.05, 3.63) is 29.8 Å². The minimum absolute atomic E-state index is 0.0214. The number of carbonyl (C=O) groups is 1. The van der Waals surface area contributed by atoms with Gasteiger partial charge >= 0.3 is 0 Å². The van der Waals surface area contributed by atoms with Gasteiger partial charge in [0.25, 0.3) is 0 Å². The molecule has 4 rings (SSSR count). The van der Waals surface area contributed by atoms with Gasteiger partial charge in [0.05, 0.1) is 12.3 Å². The van der Waals surface area contributed by atoms with E-state index in [0.29, 0.717) is 24.8 Å². The zero-order chi connectivity index (χ0) is 20.9. The lowest BCUT2D eigenvalue weighted by Crippen LogP contribution is -2.31. The number of hydrogen-bond acceptors (Lipinski definition) is 4. The summed E-state index contributed by atoms with van der Waals surface area (Å²) in [5.74, 6) is -1.42. The summed E-state index contributed by atoms with van der Waals surface area (Å²) in [5, 5.41) is 9.42. The molecule has 1 saturated heterocycles. The van der Waals surface area contributed by atoms with E-state index in [1.165, 1.54) is 37.5 Å². The van der Waals surface area contributed by atoms with Crippen molar-refractivity contribution in [2.45, 2.75) is 44.9 Å². The van der Waals surface area contributed by atoms with Crippen LogP contribution in [-0.2, 0) is 4.79 Å². The molecular formula is C22H28F2N4O2. The molecule has 0 unspecified atom stereocenters. The van der Waals surface area contributed by atoms with Gasteiger partial charge in [0.1, 0.15) is 5.82 Å². The molecule has 0 radical (unpaired) electrons. The van der Waals surface area contributed by atoms with Crippen LogP contribution in [-0.4, -0.2) is 47.2 Å². The van der Waals surface area contributed by atoms with Crippen molar-refractivity contribution in [2.24, 2.45) is 5.92 Å². The molecule has 1 saturated carbocycles. The second kappa shape index (κ2) is 9.55. The minimum atomic E-state index is -1.01. The van der Waals surface area contributed by atoms with Crippen LogP contribution in [0.4, 0.5) is 14.6 Å². The molecule has 0 atom stereocenters. The van der Waals surface area contributed by atoms with Gasteiger partial charge in [-0.25, -0.2) is 4.39 Å². The highest BCUT2D eigenvalue weighted by atomic mass is 19.2. The lowest BCUT2D eigenvalue weighted by molar-refractivity contribution is -0.116. The molecule has 0 bridgehead atoms. The maximum atomic E-state index is 14.5. The summed E-state index contributed by atoms with van der Waals surface area (Å²) in [4.78, 5) is 14.6. The quantitative estimate of drug-likeness (QED) is 0.635. The van der Waals surface area contributed by atoms with Gasteiger partial charge in [0.15, 0.2) is 11.6 Å². The van der Waals surface area contributed by atoms with E-state index in [4.69, 9.17) is 4.74 Å². The smallest absolute Gasteiger partial charge is 0.225 e. The zero-order valence-corrected chi connectivity index (χ0v) is 17.1. The highest BCUT2D eigenvalue weighted by molar-refractivity contribution is 5.90. The first-order chi connectivity index (χ1) is 14.6. The molecule has 2 N–H and O–H groups in total. The lowest BCUT2D eigenvalue weighted by atomic mass is 10.1. The summed E-state index contributed by atoms with van der Waals surface area (Å²) in [5.41, 5.74) is 0.247. The predicted octanol–water partition coefficient (Wildman–Crippen LogP) is 4.35. The molecule has 1 aromatic heterocycles. The second-order valence-electron chi connectivity index (χ2n) is 8.21. The highest BCUT2D eigenvalue weighted by Crippen LogP contribution is 2.33. The fraction of sp³-hybridized carbons (Fsp3) is 0.545. The number of aromatic nitrogens is 2. The number of nitrogens with zero attached hydrogens (tertiary/aromatic N) is 2. The van der Waals surface area contributed by atoms with Gasteiger partial charge < -0.3 is 15.0 Å². The average molecular weight is 418 g/mol. The van der Waals surface area contributed by atoms with E-state index >= 15 is 0 Å². The van der Waals surface area contributed by atoms with Crippen molar-refractivity contribution < 1.29 is 18.3 Å². The second-order valence-corrected chi connectivity index (χ2v) is 8.21. The number of aromatic amines is 1. The number of likely N-dealkylation sites (tertiary alicyclic amines) is 1. The average Bonchev–Trinajstić information content (AvgIpc) is 3.47. The van der Waals surface area contributed by atoms with Crippen LogP contribution in [0.15, 0.2) is 18.2 Å². The Morgan fingerprint density at radius 1 is 1.20 bits per heavy atom. The minimum Gasteiger partial charge on any atom is -0.490 e. The van der Waals surface area contributed by atoms with Crippen LogP contribution in [0.3, 0.4) is 0 Å². The number of piperidine rings is 1. The topological polar surface area (TPSA) is 70.2 Å². The predicted molar refractivity (Wildman–Crippen MR) is 110 cm³/mol. The van der Waals surface area contributed by atoms with Crippen LogP contribution in [0.25, 0.3) is 11.3 Å². The van der Waals surface area contributed by atoms with Gasteiger partial charge in [0, 0.05) is 18.1 Å². The summed E-state index contributed by atoms with van der Waals surface area (Å²) < 4.78 is 34.2. The third-order valence-electron chi connectivity index (χ3n) is 5.67. The Morgan fingerprint density at radius 2 is 2.00 bits per heavy atom. The third-order valence-corrected chi connectivity index (χ3v) is 5.67. The molecule has 2 heterocycles. The Balaban J connectivity index is 1.30. The Hall–Kier alpha value is -2.48. The Kier molecular flexibility index (Phi) is 6.62. The van der Waals surface area contributed by atoms with E-state index in [9.17, 15) is 13.6 Å². The van der Waals surface area contributed by atoms with Crippen LogP contribution in [0.1, 0.15) is 44.9 Å². The normalized spacial score (nSPS) is 17.1. The van der Waals surface area contributed by atoms with Crippen LogP contribution < -0.4 is 10.1 Å². The molecular weight excluding hydrogens is 390 g/mol. The van der Waals surface area contributed by atoms with E-state index in [1.54, 1.807) is 0 Å². The summed E-state index contributed by atoms with van der Waals surface area (Å²) in [6.45, 7) is 3.55. The van der Waals surface area contributed by atoms with Gasteiger partial charge in [0.2, 0.25) is 11.7 Å². The molecule has 1 amide bonds. The van der Waals surface area contributed by atoms with Gasteiger partial charge in [-0.1, -0.05) is 6.42 Å². The number of hydrogen-bond donors (Lipinski definition) is 2. The Labute approximate surface area is 175 Å². The van der Waals surface area contributed by atoms with Gasteiger partial charge in [-0.15, -0.1) is 0 Å². The summed E-state index contributed by atoms with van der Waals surface area (Å²) in [6, 6.07) is 4.37. The van der Waals surface area contributed by atoms with Gasteiger partial charge in [-0.05, 0) is 69.8 Å². The number of carbonyl (C=O) groups excluding carboxylic acids is 1. The van der Waals surface area contributed by atoms with Crippen molar-refractivity contribution >= 4 is 11.7 Å². The standard InChI is InChI=1S/C22H28F2N4O2/c23-21-16(8-9-18(22(21)24)30-14-15-6-7-15)17-13-19(27-26-17)25-20(29)5-4-12-28-10-2-1-3-11-28/h8-9,13,15H,1-7,10-12,14H2,(H2,25,26,27,29). The van der Waals surface area contributed by atoms with Crippen molar-refractivity contribution in [3.8, 4) is 17.0 Å². The largest absolute Gasteiger partial charge is 0.490 e. The van der Waals surface area contributed by atoms with Crippen molar-refractivity contribution in [3.63, 3.8) is 0 Å². The maximum Gasteiger partial charge on any atom is 0.225 e. The molecule has 1 aliphatic heterocycles. The maximum absolute atomic E-state index is 14.5. The molecule has 1 aromatic carbocycles. The van der Waals surface area contributed by atoms with Crippen molar-refractivity contribution in [1.29, 1.82) is 0 Å². The van der Waals surface area contributed by atoms with Gasteiger partial charge in [-0.2, -0.15) is 9.49 Å². The first-order valence-electron chi connectivity index (χ1n) is 10.8. The summed E-state index contributed by atoms with van der Waals surface area (Å²) in [7, 11) is 0. The number of amides is 1. The number of rotatable bonds is 9. The van der Waals surface area contributed by atoms with Crippen LogP contribution in [0.2, 0.25) is 0 Å². The van der Waals surface area contributed by atoms with Crippen LogP contribution in [0.5, 0.6) is 5.75 Å². The number of ether oxygens (including phenoxy) is 1. The van der Waals surface area contributed by atoms with E-state index in [-0.39, 0.29) is 22.9 Å². The molecule has 1 aliphatic carbocycles. The molecule has 6 nitrogen and oxygen atoms in total. The van der Waals surface area contributed by atoms with Crippen molar-refractivity contribution in [1.82, 2.24) is 15.1 Å². The fourth-order valence-corrected chi connectivity index (χ4v) is 3.72. The van der Waals surface area contributed by atoms with Gasteiger partial charge in [-0.3, -0.25) is 9.89 Å². The Bertz CT molecular complexity index is 876. The molecule has 0 spiro atoms. The molecule has 162 valence electrons. The number of H-pyrrole nitrogens is 1. The van der Waals surface area contributed by atoms with E-state index in [2.05, 4.69) is 20.4 Å². The van der Waals surface area contributed by atoms with Crippen LogP contribution in [0, 0.1) is 17.6 Å². The highest BCUT2D eigenvalue weighted by Gasteiger charge is 2.24. The SMILES string of the molecule is O=C(CCCN1CCCCC1)Nc1cc(-c2ccc(OCC3CC3)c(F)c2F)n[nH]1. The van der Waals surface area contributed by atoms with Crippen molar-refractivity contribution in [2.75, 3.05) is 31.6 Å². The summed E-state index contributed by atoms with van der Waals surface area (Å²) >= 11 is 0. The third kappa shape index (κ3) is 5.36. The monoisotopic (exact) mass is 418 g/mol. The van der Waals surface area contributed by atoms with E-state index in [1.807, 2.05) is 0 Å². The molecule has 8 heteroatoms. The number of nitrogens with one attached hydrogen (secondary N) is 2.